The fourth-order valence-electron chi connectivity index (χ4n) is 1.19. The third-order valence-corrected chi connectivity index (χ3v) is 2.69. The van der Waals surface area contributed by atoms with Gasteiger partial charge in [-0.3, -0.25) is 4.98 Å². The number of hydrogen-bond donors (Lipinski definition) is 0. The molecule has 0 fully saturated rings. The Labute approximate surface area is 93.3 Å². The van der Waals surface area contributed by atoms with Crippen molar-refractivity contribution in [2.75, 3.05) is 6.26 Å². The molecule has 0 aliphatic heterocycles. The van der Waals surface area contributed by atoms with E-state index in [1.807, 2.05) is 36.4 Å². The molecule has 0 aliphatic rings. The summed E-state index contributed by atoms with van der Waals surface area (Å²) in [4.78, 5) is 5.16. The molecule has 0 atom stereocenters. The first-order chi connectivity index (χ1) is 7.38. The summed E-state index contributed by atoms with van der Waals surface area (Å²) in [5.41, 5.74) is 0. The van der Waals surface area contributed by atoms with Crippen LogP contribution in [0.4, 0.5) is 0 Å². The predicted molar refractivity (Wildman–Crippen MR) is 62.5 cm³/mol. The molecule has 0 unspecified atom stereocenters. The fourth-order valence-corrected chi connectivity index (χ4v) is 1.59. The minimum atomic E-state index is 0.807. The minimum absolute atomic E-state index is 0.807. The van der Waals surface area contributed by atoms with Gasteiger partial charge in [-0.15, -0.1) is 11.8 Å². The van der Waals surface area contributed by atoms with Crippen molar-refractivity contribution in [2.24, 2.45) is 0 Å². The molecule has 2 nitrogen and oxygen atoms in total. The number of ether oxygens (including phenoxy) is 1. The molecule has 0 saturated heterocycles. The normalized spacial score (nSPS) is 9.93. The van der Waals surface area contributed by atoms with Crippen molar-refractivity contribution in [1.82, 2.24) is 4.98 Å². The van der Waals surface area contributed by atoms with Crippen molar-refractivity contribution in [2.45, 2.75) is 4.90 Å². The molecule has 0 N–H and O–H groups in total. The Balaban J connectivity index is 2.11. The predicted octanol–water partition coefficient (Wildman–Crippen LogP) is 3.60. The van der Waals surface area contributed by atoms with Gasteiger partial charge in [0.2, 0.25) is 0 Å². The van der Waals surface area contributed by atoms with Crippen molar-refractivity contribution in [3.63, 3.8) is 0 Å². The van der Waals surface area contributed by atoms with E-state index in [9.17, 15) is 0 Å². The molecule has 1 aromatic carbocycles. The first-order valence-corrected chi connectivity index (χ1v) is 5.83. The maximum atomic E-state index is 5.63. The van der Waals surface area contributed by atoms with Crippen molar-refractivity contribution < 1.29 is 4.74 Å². The average molecular weight is 217 g/mol. The Bertz CT molecular complexity index is 413. The lowest BCUT2D eigenvalue weighted by Gasteiger charge is -2.05. The quantitative estimate of drug-likeness (QED) is 0.733. The fraction of sp³-hybridized carbons (Fsp3) is 0.0833. The summed E-state index contributed by atoms with van der Waals surface area (Å²) in [6.45, 7) is 0. The van der Waals surface area contributed by atoms with Crippen molar-refractivity contribution >= 4 is 11.8 Å². The van der Waals surface area contributed by atoms with Gasteiger partial charge in [0.25, 0.3) is 0 Å². The molecule has 0 radical (unpaired) electrons. The molecule has 0 bridgehead atoms. The second kappa shape index (κ2) is 4.84. The molecule has 1 heterocycles. The molecule has 2 aromatic rings. The second-order valence-electron chi connectivity index (χ2n) is 2.96. The molecule has 2 rings (SSSR count). The lowest BCUT2D eigenvalue weighted by atomic mass is 10.3. The summed E-state index contributed by atoms with van der Waals surface area (Å²) in [6, 6.07) is 11.7. The SMILES string of the molecule is CSc1ccc(Oc2ccncc2)cc1. The zero-order chi connectivity index (χ0) is 10.5. The van der Waals surface area contributed by atoms with Crippen LogP contribution in [0.15, 0.2) is 53.7 Å². The van der Waals surface area contributed by atoms with Crippen LogP contribution in [-0.4, -0.2) is 11.2 Å². The number of aromatic nitrogens is 1. The van der Waals surface area contributed by atoms with E-state index in [2.05, 4.69) is 11.2 Å². The van der Waals surface area contributed by atoms with Gasteiger partial charge in [-0.2, -0.15) is 0 Å². The lowest BCUT2D eigenvalue weighted by Crippen LogP contribution is -1.83. The maximum absolute atomic E-state index is 5.63. The highest BCUT2D eigenvalue weighted by Crippen LogP contribution is 2.23. The number of hydrogen-bond acceptors (Lipinski definition) is 3. The summed E-state index contributed by atoms with van der Waals surface area (Å²) in [7, 11) is 0. The van der Waals surface area contributed by atoms with Crippen molar-refractivity contribution in [3.8, 4) is 11.5 Å². The zero-order valence-electron chi connectivity index (χ0n) is 8.38. The van der Waals surface area contributed by atoms with Crippen LogP contribution in [-0.2, 0) is 0 Å². The van der Waals surface area contributed by atoms with Gasteiger partial charge in [0.05, 0.1) is 0 Å². The summed E-state index contributed by atoms with van der Waals surface area (Å²) in [6.07, 6.45) is 5.48. The summed E-state index contributed by atoms with van der Waals surface area (Å²) in [5, 5.41) is 0. The van der Waals surface area contributed by atoms with Crippen LogP contribution < -0.4 is 4.74 Å². The molecule has 0 aliphatic carbocycles. The average Bonchev–Trinajstić information content (AvgIpc) is 2.31. The van der Waals surface area contributed by atoms with Crippen LogP contribution in [0.1, 0.15) is 0 Å². The van der Waals surface area contributed by atoms with Gasteiger partial charge in [-0.1, -0.05) is 0 Å². The van der Waals surface area contributed by atoms with Crippen LogP contribution in [0.2, 0.25) is 0 Å². The van der Waals surface area contributed by atoms with Gasteiger partial charge in [0.15, 0.2) is 0 Å². The Kier molecular flexibility index (Phi) is 3.25. The van der Waals surface area contributed by atoms with E-state index in [4.69, 9.17) is 4.74 Å². The third kappa shape index (κ3) is 2.73. The molecule has 76 valence electrons. The van der Waals surface area contributed by atoms with E-state index in [0.717, 1.165) is 11.5 Å². The van der Waals surface area contributed by atoms with Gasteiger partial charge in [-0.25, -0.2) is 0 Å². The Morgan fingerprint density at radius 1 is 0.933 bits per heavy atom. The third-order valence-electron chi connectivity index (χ3n) is 1.94. The molecular weight excluding hydrogens is 206 g/mol. The monoisotopic (exact) mass is 217 g/mol. The van der Waals surface area contributed by atoms with Gasteiger partial charge >= 0.3 is 0 Å². The van der Waals surface area contributed by atoms with Crippen LogP contribution in [0.3, 0.4) is 0 Å². The molecule has 0 saturated carbocycles. The molecule has 1 aromatic heterocycles. The molecule has 15 heavy (non-hydrogen) atoms. The van der Waals surface area contributed by atoms with Crippen LogP contribution in [0.25, 0.3) is 0 Å². The van der Waals surface area contributed by atoms with Crippen molar-refractivity contribution in [3.05, 3.63) is 48.8 Å². The number of nitrogens with zero attached hydrogens (tertiary/aromatic N) is 1. The molecular formula is C12H11NOS. The van der Waals surface area contributed by atoms with E-state index in [1.54, 1.807) is 24.2 Å². The van der Waals surface area contributed by atoms with E-state index < -0.39 is 0 Å². The number of thioether (sulfide) groups is 1. The standard InChI is InChI=1S/C12H11NOS/c1-15-12-4-2-10(3-5-12)14-11-6-8-13-9-7-11/h2-9H,1H3. The number of rotatable bonds is 3. The van der Waals surface area contributed by atoms with E-state index in [-0.39, 0.29) is 0 Å². The van der Waals surface area contributed by atoms with Gasteiger partial charge in [-0.05, 0) is 42.7 Å². The second-order valence-corrected chi connectivity index (χ2v) is 3.84. The summed E-state index contributed by atoms with van der Waals surface area (Å²) < 4.78 is 5.63. The van der Waals surface area contributed by atoms with Crippen LogP contribution >= 0.6 is 11.8 Å². The number of pyridine rings is 1. The summed E-state index contributed by atoms with van der Waals surface area (Å²) in [5.74, 6) is 1.65. The molecule has 0 spiro atoms. The highest BCUT2D eigenvalue weighted by atomic mass is 32.2. The minimum Gasteiger partial charge on any atom is -0.457 e. The Morgan fingerprint density at radius 3 is 2.13 bits per heavy atom. The molecule has 3 heteroatoms. The molecule has 0 amide bonds. The lowest BCUT2D eigenvalue weighted by molar-refractivity contribution is 0.481. The summed E-state index contributed by atoms with van der Waals surface area (Å²) >= 11 is 1.72. The number of benzene rings is 1. The van der Waals surface area contributed by atoms with Crippen LogP contribution in [0, 0.1) is 0 Å². The topological polar surface area (TPSA) is 22.1 Å². The first kappa shape index (κ1) is 10.1. The van der Waals surface area contributed by atoms with Crippen molar-refractivity contribution in [1.29, 1.82) is 0 Å². The Hall–Kier alpha value is -1.48. The maximum Gasteiger partial charge on any atom is 0.130 e. The largest absolute Gasteiger partial charge is 0.457 e. The first-order valence-electron chi connectivity index (χ1n) is 4.60. The van der Waals surface area contributed by atoms with Gasteiger partial charge in [0, 0.05) is 17.3 Å². The van der Waals surface area contributed by atoms with Gasteiger partial charge in [0.1, 0.15) is 11.5 Å². The van der Waals surface area contributed by atoms with Gasteiger partial charge < -0.3 is 4.74 Å². The van der Waals surface area contributed by atoms with Crippen LogP contribution in [0.5, 0.6) is 11.5 Å². The highest BCUT2D eigenvalue weighted by Gasteiger charge is 1.96. The van der Waals surface area contributed by atoms with E-state index >= 15 is 0 Å². The van der Waals surface area contributed by atoms with E-state index in [1.165, 1.54) is 4.90 Å². The Morgan fingerprint density at radius 2 is 1.53 bits per heavy atom. The highest BCUT2D eigenvalue weighted by molar-refractivity contribution is 7.98. The van der Waals surface area contributed by atoms with E-state index in [0.29, 0.717) is 0 Å². The smallest absolute Gasteiger partial charge is 0.130 e. The zero-order valence-corrected chi connectivity index (χ0v) is 9.20.